The van der Waals surface area contributed by atoms with E-state index in [-0.39, 0.29) is 5.91 Å². The van der Waals surface area contributed by atoms with Crippen molar-refractivity contribution >= 4 is 23.2 Å². The summed E-state index contributed by atoms with van der Waals surface area (Å²) in [5.74, 6) is 1.59. The highest BCUT2D eigenvalue weighted by Crippen LogP contribution is 2.20. The summed E-state index contributed by atoms with van der Waals surface area (Å²) in [5.41, 5.74) is 1.14. The van der Waals surface area contributed by atoms with Crippen molar-refractivity contribution < 1.29 is 4.79 Å². The van der Waals surface area contributed by atoms with Crippen molar-refractivity contribution in [2.75, 3.05) is 33.7 Å². The zero-order valence-corrected chi connectivity index (χ0v) is 15.1. The molecule has 2 heterocycles. The number of aromatic nitrogens is 1. The van der Waals surface area contributed by atoms with Crippen LogP contribution in [0.4, 0.5) is 0 Å². The summed E-state index contributed by atoms with van der Waals surface area (Å²) >= 11 is 1.69. The maximum atomic E-state index is 11.5. The molecule has 6 nitrogen and oxygen atoms in total. The normalized spacial score (nSPS) is 16.5. The highest BCUT2D eigenvalue weighted by molar-refractivity contribution is 7.09. The second-order valence-electron chi connectivity index (χ2n) is 5.89. The van der Waals surface area contributed by atoms with Gasteiger partial charge in [0.15, 0.2) is 5.96 Å². The van der Waals surface area contributed by atoms with Crippen LogP contribution in [-0.4, -0.2) is 55.5 Å². The Hall–Kier alpha value is -1.63. The SMILES string of the molecule is CN=C(NCCc1csc(C)n1)N1CCC(CC(=O)NC)CC1. The minimum atomic E-state index is 0.143. The number of carbonyl (C=O) groups is 1. The van der Waals surface area contributed by atoms with Crippen LogP contribution in [0.2, 0.25) is 0 Å². The van der Waals surface area contributed by atoms with Crippen LogP contribution < -0.4 is 10.6 Å². The Kier molecular flexibility index (Phi) is 6.83. The molecule has 0 radical (unpaired) electrons. The van der Waals surface area contributed by atoms with Crippen molar-refractivity contribution in [2.45, 2.75) is 32.6 Å². The molecule has 0 bridgehead atoms. The topological polar surface area (TPSA) is 69.6 Å². The van der Waals surface area contributed by atoms with Gasteiger partial charge in [-0.1, -0.05) is 0 Å². The summed E-state index contributed by atoms with van der Waals surface area (Å²) in [7, 11) is 3.53. The second kappa shape index (κ2) is 8.86. The molecule has 2 rings (SSSR count). The van der Waals surface area contributed by atoms with Gasteiger partial charge in [-0.05, 0) is 25.7 Å². The first-order valence-corrected chi connectivity index (χ1v) is 9.07. The average molecular weight is 337 g/mol. The summed E-state index contributed by atoms with van der Waals surface area (Å²) in [5, 5.41) is 9.36. The molecule has 23 heavy (non-hydrogen) atoms. The van der Waals surface area contributed by atoms with E-state index in [1.54, 1.807) is 18.4 Å². The minimum absolute atomic E-state index is 0.143. The summed E-state index contributed by atoms with van der Waals surface area (Å²) in [6.07, 6.45) is 3.63. The molecule has 7 heteroatoms. The van der Waals surface area contributed by atoms with Gasteiger partial charge < -0.3 is 15.5 Å². The molecule has 0 unspecified atom stereocenters. The zero-order chi connectivity index (χ0) is 16.7. The lowest BCUT2D eigenvalue weighted by Crippen LogP contribution is -2.46. The molecule has 1 fully saturated rings. The van der Waals surface area contributed by atoms with E-state index in [1.807, 2.05) is 14.0 Å². The Morgan fingerprint density at radius 1 is 1.48 bits per heavy atom. The monoisotopic (exact) mass is 337 g/mol. The number of nitrogens with zero attached hydrogens (tertiary/aromatic N) is 3. The Bertz CT molecular complexity index is 534. The predicted molar refractivity (Wildman–Crippen MR) is 94.9 cm³/mol. The van der Waals surface area contributed by atoms with Gasteiger partial charge in [0, 0.05) is 52.0 Å². The number of guanidine groups is 1. The average Bonchev–Trinajstić information content (AvgIpc) is 2.98. The van der Waals surface area contributed by atoms with E-state index in [4.69, 9.17) is 0 Å². The van der Waals surface area contributed by atoms with Gasteiger partial charge in [0.2, 0.25) is 5.91 Å². The number of aryl methyl sites for hydroxylation is 1. The first kappa shape index (κ1) is 17.7. The Balaban J connectivity index is 1.73. The molecule has 128 valence electrons. The van der Waals surface area contributed by atoms with E-state index in [1.165, 1.54) is 0 Å². The molecule has 0 saturated carbocycles. The number of likely N-dealkylation sites (tertiary alicyclic amines) is 1. The number of amides is 1. The van der Waals surface area contributed by atoms with Gasteiger partial charge in [0.25, 0.3) is 0 Å². The maximum Gasteiger partial charge on any atom is 0.220 e. The predicted octanol–water partition coefficient (Wildman–Crippen LogP) is 1.42. The number of hydrogen-bond acceptors (Lipinski definition) is 4. The molecule has 2 N–H and O–H groups in total. The van der Waals surface area contributed by atoms with E-state index in [0.717, 1.165) is 55.6 Å². The zero-order valence-electron chi connectivity index (χ0n) is 14.3. The fourth-order valence-corrected chi connectivity index (χ4v) is 3.52. The van der Waals surface area contributed by atoms with Crippen LogP contribution in [0.3, 0.4) is 0 Å². The smallest absolute Gasteiger partial charge is 0.220 e. The number of thiazole rings is 1. The van der Waals surface area contributed by atoms with Crippen molar-refractivity contribution in [2.24, 2.45) is 10.9 Å². The Morgan fingerprint density at radius 2 is 2.22 bits per heavy atom. The first-order chi connectivity index (χ1) is 11.1. The highest BCUT2D eigenvalue weighted by atomic mass is 32.1. The lowest BCUT2D eigenvalue weighted by Gasteiger charge is -2.34. The third kappa shape index (κ3) is 5.49. The maximum absolute atomic E-state index is 11.5. The molecular formula is C16H27N5OS. The Morgan fingerprint density at radius 3 is 2.78 bits per heavy atom. The molecule has 1 aromatic heterocycles. The van der Waals surface area contributed by atoms with Crippen molar-refractivity contribution in [1.82, 2.24) is 20.5 Å². The fraction of sp³-hybridized carbons (Fsp3) is 0.688. The number of nitrogens with one attached hydrogen (secondary N) is 2. The third-order valence-electron chi connectivity index (χ3n) is 4.21. The van der Waals surface area contributed by atoms with Gasteiger partial charge in [-0.25, -0.2) is 4.98 Å². The number of hydrogen-bond donors (Lipinski definition) is 2. The lowest BCUT2D eigenvalue weighted by molar-refractivity contribution is -0.121. The van der Waals surface area contributed by atoms with Gasteiger partial charge >= 0.3 is 0 Å². The molecule has 1 aromatic rings. The van der Waals surface area contributed by atoms with Gasteiger partial charge in [-0.2, -0.15) is 0 Å². The van der Waals surface area contributed by atoms with Crippen LogP contribution in [0.5, 0.6) is 0 Å². The summed E-state index contributed by atoms with van der Waals surface area (Å²) < 4.78 is 0. The van der Waals surface area contributed by atoms with Crippen LogP contribution in [0.15, 0.2) is 10.4 Å². The molecule has 1 saturated heterocycles. The number of piperidine rings is 1. The standard InChI is InChI=1S/C16H27N5OS/c1-12-20-14(11-23-12)4-7-19-16(18-3)21-8-5-13(6-9-21)10-15(22)17-2/h11,13H,4-10H2,1-3H3,(H,17,22)(H,18,19). The Labute approximate surface area is 142 Å². The van der Waals surface area contributed by atoms with Gasteiger partial charge in [0.1, 0.15) is 0 Å². The van der Waals surface area contributed by atoms with Crippen molar-refractivity contribution in [3.8, 4) is 0 Å². The lowest BCUT2D eigenvalue weighted by atomic mass is 9.93. The number of rotatable bonds is 5. The van der Waals surface area contributed by atoms with Crippen LogP contribution in [0.25, 0.3) is 0 Å². The van der Waals surface area contributed by atoms with Crippen molar-refractivity contribution in [3.63, 3.8) is 0 Å². The first-order valence-electron chi connectivity index (χ1n) is 8.19. The van der Waals surface area contributed by atoms with E-state index in [0.29, 0.717) is 12.3 Å². The van der Waals surface area contributed by atoms with Gasteiger partial charge in [-0.3, -0.25) is 9.79 Å². The quantitative estimate of drug-likeness (QED) is 0.630. The van der Waals surface area contributed by atoms with E-state index < -0.39 is 0 Å². The van der Waals surface area contributed by atoms with Crippen LogP contribution in [-0.2, 0) is 11.2 Å². The van der Waals surface area contributed by atoms with Gasteiger partial charge in [-0.15, -0.1) is 11.3 Å². The molecule has 1 aliphatic rings. The van der Waals surface area contributed by atoms with E-state index in [9.17, 15) is 4.79 Å². The molecule has 0 atom stereocenters. The van der Waals surface area contributed by atoms with Crippen LogP contribution in [0, 0.1) is 12.8 Å². The highest BCUT2D eigenvalue weighted by Gasteiger charge is 2.22. The van der Waals surface area contributed by atoms with Crippen LogP contribution in [0.1, 0.15) is 30.0 Å². The second-order valence-corrected chi connectivity index (χ2v) is 6.95. The van der Waals surface area contributed by atoms with E-state index >= 15 is 0 Å². The third-order valence-corrected chi connectivity index (χ3v) is 5.03. The molecule has 0 aliphatic carbocycles. The molecule has 0 aromatic carbocycles. The largest absolute Gasteiger partial charge is 0.359 e. The van der Waals surface area contributed by atoms with E-state index in [2.05, 4.69) is 30.9 Å². The summed E-state index contributed by atoms with van der Waals surface area (Å²) in [4.78, 5) is 22.6. The summed E-state index contributed by atoms with van der Waals surface area (Å²) in [6, 6.07) is 0. The number of carbonyl (C=O) groups excluding carboxylic acids is 1. The molecule has 1 aliphatic heterocycles. The molecule has 1 amide bonds. The fourth-order valence-electron chi connectivity index (χ4n) is 2.87. The van der Waals surface area contributed by atoms with Crippen LogP contribution >= 0.6 is 11.3 Å². The molecule has 0 spiro atoms. The van der Waals surface area contributed by atoms with Crippen molar-refractivity contribution in [1.29, 1.82) is 0 Å². The van der Waals surface area contributed by atoms with Crippen molar-refractivity contribution in [3.05, 3.63) is 16.1 Å². The molecular weight excluding hydrogens is 310 g/mol. The summed E-state index contributed by atoms with van der Waals surface area (Å²) in [6.45, 7) is 4.78. The number of aliphatic imine (C=N–C) groups is 1. The minimum Gasteiger partial charge on any atom is -0.359 e. The van der Waals surface area contributed by atoms with Gasteiger partial charge in [0.05, 0.1) is 10.7 Å².